The summed E-state index contributed by atoms with van der Waals surface area (Å²) in [6, 6.07) is 15.3. The molecule has 1 aliphatic rings. The van der Waals surface area contributed by atoms with Gasteiger partial charge in [-0.05, 0) is 79.2 Å². The molecule has 0 radical (unpaired) electrons. The number of nitrogens with one attached hydrogen (secondary N) is 1. The number of halogens is 3. The van der Waals surface area contributed by atoms with Crippen LogP contribution in [-0.4, -0.2) is 48.3 Å². The van der Waals surface area contributed by atoms with Gasteiger partial charge in [-0.1, -0.05) is 53.0 Å². The van der Waals surface area contributed by atoms with E-state index < -0.39 is 17.1 Å². The molecule has 1 heterocycles. The monoisotopic (exact) mass is 634 g/mol. The van der Waals surface area contributed by atoms with E-state index in [1.54, 1.807) is 67.6 Å². The summed E-state index contributed by atoms with van der Waals surface area (Å²) in [5.74, 6) is 0.0521. The number of carbonyl (C=O) groups is 3. The molecule has 1 N–H and O–H groups in total. The van der Waals surface area contributed by atoms with Crippen molar-refractivity contribution in [3.05, 3.63) is 85.7 Å². The second-order valence-corrected chi connectivity index (χ2v) is 10.9. The molecule has 3 aromatic rings. The first-order valence-corrected chi connectivity index (χ1v) is 14.4. The van der Waals surface area contributed by atoms with Crippen LogP contribution in [0.5, 0.6) is 17.2 Å². The zero-order chi connectivity index (χ0) is 29.5. The molecule has 3 amide bonds. The summed E-state index contributed by atoms with van der Waals surface area (Å²) in [6.45, 7) is 3.76. The number of carbonyl (C=O) groups excluding carboxylic acids is 3. The van der Waals surface area contributed by atoms with E-state index in [4.69, 9.17) is 49.0 Å². The van der Waals surface area contributed by atoms with Crippen LogP contribution in [0.3, 0.4) is 0 Å². The fourth-order valence-electron chi connectivity index (χ4n) is 3.73. The molecular weight excluding hydrogens is 611 g/mol. The van der Waals surface area contributed by atoms with Crippen molar-refractivity contribution in [2.24, 2.45) is 0 Å². The fraction of sp³-hybridized carbons (Fsp3) is 0.207. The highest BCUT2D eigenvalue weighted by Gasteiger charge is 2.35. The van der Waals surface area contributed by atoms with Gasteiger partial charge in [0.15, 0.2) is 18.1 Å². The van der Waals surface area contributed by atoms with Crippen LogP contribution in [0.15, 0.2) is 59.5 Å². The summed E-state index contributed by atoms with van der Waals surface area (Å²) >= 11 is 19.5. The summed E-state index contributed by atoms with van der Waals surface area (Å²) in [5.41, 5.74) is 1.94. The number of thioether (sulfide) groups is 1. The van der Waals surface area contributed by atoms with Gasteiger partial charge >= 0.3 is 0 Å². The van der Waals surface area contributed by atoms with Crippen molar-refractivity contribution in [1.82, 2.24) is 4.90 Å². The molecule has 0 spiro atoms. The van der Waals surface area contributed by atoms with Crippen LogP contribution in [-0.2, 0) is 9.59 Å². The van der Waals surface area contributed by atoms with Crippen LogP contribution in [0.4, 0.5) is 10.5 Å². The SMILES string of the molecule is CCOc1cc(/C=C2\SC(=O)N(CCOc3ccccc3Cl)C2=O)cc(Cl)c1OCC(=O)Nc1ccc(C)c(Cl)c1. The standard InChI is InChI=1S/C29H25Cl3N2O6S/c1-3-38-24-13-18(12-22(32)27(24)40-16-26(35)33-19-9-8-17(2)21(31)15-19)14-25-28(36)34(29(37)41-25)10-11-39-23-7-5-4-6-20(23)30/h4-9,12-15H,3,10-11,16H2,1-2H3,(H,33,35)/b25-14-. The Kier molecular flexibility index (Phi) is 10.4. The third-order valence-electron chi connectivity index (χ3n) is 5.72. The molecule has 4 rings (SSSR count). The molecule has 214 valence electrons. The van der Waals surface area contributed by atoms with E-state index in [-0.39, 0.29) is 41.2 Å². The largest absolute Gasteiger partial charge is 0.490 e. The molecule has 0 aromatic heterocycles. The van der Waals surface area contributed by atoms with Gasteiger partial charge in [-0.3, -0.25) is 19.3 Å². The first-order chi connectivity index (χ1) is 19.7. The molecule has 1 saturated heterocycles. The Balaban J connectivity index is 1.42. The summed E-state index contributed by atoms with van der Waals surface area (Å²) in [6.07, 6.45) is 1.55. The van der Waals surface area contributed by atoms with Crippen molar-refractivity contribution in [2.75, 3.05) is 31.7 Å². The molecule has 1 aliphatic heterocycles. The third kappa shape index (κ3) is 7.89. The van der Waals surface area contributed by atoms with Crippen LogP contribution in [0.25, 0.3) is 6.08 Å². The van der Waals surface area contributed by atoms with Gasteiger partial charge in [0.2, 0.25) is 0 Å². The summed E-state index contributed by atoms with van der Waals surface area (Å²) in [5, 5.41) is 3.44. The number of nitrogens with zero attached hydrogens (tertiary/aromatic N) is 1. The minimum absolute atomic E-state index is 0.0574. The number of imide groups is 1. The van der Waals surface area contributed by atoms with E-state index in [1.165, 1.54) is 0 Å². The van der Waals surface area contributed by atoms with Crippen molar-refractivity contribution in [1.29, 1.82) is 0 Å². The van der Waals surface area contributed by atoms with E-state index in [0.717, 1.165) is 22.2 Å². The van der Waals surface area contributed by atoms with E-state index in [9.17, 15) is 14.4 Å². The third-order valence-corrected chi connectivity index (χ3v) is 7.62. The van der Waals surface area contributed by atoms with Gasteiger partial charge in [-0.15, -0.1) is 0 Å². The van der Waals surface area contributed by atoms with Crippen LogP contribution in [0.2, 0.25) is 15.1 Å². The summed E-state index contributed by atoms with van der Waals surface area (Å²) in [7, 11) is 0. The van der Waals surface area contributed by atoms with E-state index in [0.29, 0.717) is 33.7 Å². The lowest BCUT2D eigenvalue weighted by Gasteiger charge is -2.15. The zero-order valence-corrected chi connectivity index (χ0v) is 25.1. The summed E-state index contributed by atoms with van der Waals surface area (Å²) in [4.78, 5) is 39.3. The minimum atomic E-state index is -0.454. The molecule has 1 fully saturated rings. The average molecular weight is 636 g/mol. The van der Waals surface area contributed by atoms with Crippen LogP contribution in [0.1, 0.15) is 18.1 Å². The number of rotatable bonds is 11. The summed E-state index contributed by atoms with van der Waals surface area (Å²) < 4.78 is 17.0. The van der Waals surface area contributed by atoms with Gasteiger partial charge in [0.05, 0.1) is 28.1 Å². The molecule has 0 aliphatic carbocycles. The molecule has 0 unspecified atom stereocenters. The molecule has 12 heteroatoms. The lowest BCUT2D eigenvalue weighted by Crippen LogP contribution is -2.32. The number of amides is 3. The first-order valence-electron chi connectivity index (χ1n) is 12.4. The highest BCUT2D eigenvalue weighted by molar-refractivity contribution is 8.18. The average Bonchev–Trinajstić information content (AvgIpc) is 3.18. The Morgan fingerprint density at radius 2 is 1.73 bits per heavy atom. The van der Waals surface area contributed by atoms with Crippen molar-refractivity contribution < 1.29 is 28.6 Å². The highest BCUT2D eigenvalue weighted by atomic mass is 35.5. The fourth-order valence-corrected chi connectivity index (χ4v) is 5.24. The van der Waals surface area contributed by atoms with Crippen LogP contribution in [0, 0.1) is 6.92 Å². The van der Waals surface area contributed by atoms with Crippen molar-refractivity contribution >= 4 is 75.4 Å². The topological polar surface area (TPSA) is 94.2 Å². The smallest absolute Gasteiger partial charge is 0.293 e. The Morgan fingerprint density at radius 1 is 0.951 bits per heavy atom. The maximum atomic E-state index is 13.0. The van der Waals surface area contributed by atoms with Gasteiger partial charge < -0.3 is 19.5 Å². The van der Waals surface area contributed by atoms with Gasteiger partial charge in [-0.25, -0.2) is 0 Å². The van der Waals surface area contributed by atoms with Gasteiger partial charge in [-0.2, -0.15) is 0 Å². The Morgan fingerprint density at radius 3 is 2.46 bits per heavy atom. The minimum Gasteiger partial charge on any atom is -0.490 e. The molecule has 3 aromatic carbocycles. The highest BCUT2D eigenvalue weighted by Crippen LogP contribution is 2.39. The van der Waals surface area contributed by atoms with E-state index in [1.807, 2.05) is 6.92 Å². The quantitative estimate of drug-likeness (QED) is 0.218. The zero-order valence-electron chi connectivity index (χ0n) is 22.0. The van der Waals surface area contributed by atoms with Gasteiger partial charge in [0.1, 0.15) is 12.4 Å². The predicted octanol–water partition coefficient (Wildman–Crippen LogP) is 7.49. The van der Waals surface area contributed by atoms with Crippen molar-refractivity contribution in [3.63, 3.8) is 0 Å². The second-order valence-electron chi connectivity index (χ2n) is 8.68. The molecule has 8 nitrogen and oxygen atoms in total. The van der Waals surface area contributed by atoms with Crippen molar-refractivity contribution in [2.45, 2.75) is 13.8 Å². The van der Waals surface area contributed by atoms with E-state index >= 15 is 0 Å². The lowest BCUT2D eigenvalue weighted by atomic mass is 10.1. The number of ether oxygens (including phenoxy) is 3. The maximum absolute atomic E-state index is 13.0. The Labute approximate surface area is 256 Å². The molecule has 41 heavy (non-hydrogen) atoms. The van der Waals surface area contributed by atoms with Crippen LogP contribution >= 0.6 is 46.6 Å². The van der Waals surface area contributed by atoms with Gasteiger partial charge in [0, 0.05) is 10.7 Å². The number of hydrogen-bond acceptors (Lipinski definition) is 7. The van der Waals surface area contributed by atoms with Gasteiger partial charge in [0.25, 0.3) is 17.1 Å². The number of hydrogen-bond donors (Lipinski definition) is 1. The number of para-hydroxylation sites is 1. The maximum Gasteiger partial charge on any atom is 0.293 e. The number of benzene rings is 3. The predicted molar refractivity (Wildman–Crippen MR) is 163 cm³/mol. The molecule has 0 bridgehead atoms. The lowest BCUT2D eigenvalue weighted by molar-refractivity contribution is -0.123. The Hall–Kier alpha value is -3.37. The van der Waals surface area contributed by atoms with Crippen molar-refractivity contribution in [3.8, 4) is 17.2 Å². The number of aryl methyl sites for hydroxylation is 1. The normalized spacial score (nSPS) is 14.0. The van der Waals surface area contributed by atoms with E-state index in [2.05, 4.69) is 5.32 Å². The Bertz CT molecular complexity index is 1510. The van der Waals surface area contributed by atoms with Crippen LogP contribution < -0.4 is 19.5 Å². The molecular formula is C29H25Cl3N2O6S. The first kappa shape index (κ1) is 30.6. The molecule has 0 atom stereocenters. The molecule has 0 saturated carbocycles. The number of anilines is 1. The second kappa shape index (κ2) is 14.0.